The van der Waals surface area contributed by atoms with Crippen molar-refractivity contribution < 1.29 is 18.1 Å². The first kappa shape index (κ1) is 13.2. The van der Waals surface area contributed by atoms with Gasteiger partial charge >= 0.3 is 0 Å². The largest absolute Gasteiger partial charge is 0.508 e. The van der Waals surface area contributed by atoms with Gasteiger partial charge in [-0.3, -0.25) is 4.55 Å². The van der Waals surface area contributed by atoms with Crippen molar-refractivity contribution in [3.8, 4) is 5.75 Å². The average molecular weight is 271 g/mol. The molecule has 1 heterocycles. The Labute approximate surface area is 107 Å². The van der Waals surface area contributed by atoms with E-state index >= 15 is 0 Å². The molecule has 1 aliphatic rings. The summed E-state index contributed by atoms with van der Waals surface area (Å²) in [6, 6.07) is 5.39. The monoisotopic (exact) mass is 271 g/mol. The Morgan fingerprint density at radius 1 is 1.33 bits per heavy atom. The smallest absolute Gasteiger partial charge is 0.264 e. The first-order valence-electron chi connectivity index (χ1n) is 5.98. The number of hydrogen-bond donors (Lipinski definition) is 2. The minimum absolute atomic E-state index is 0.225. The topological polar surface area (TPSA) is 77.8 Å². The SMILES string of the molecule is O=S(=O)(O)CCCN1CCCc2c(O)cccc21. The van der Waals surface area contributed by atoms with E-state index in [2.05, 4.69) is 4.90 Å². The molecule has 0 saturated heterocycles. The van der Waals surface area contributed by atoms with E-state index in [4.69, 9.17) is 4.55 Å². The van der Waals surface area contributed by atoms with Gasteiger partial charge in [0.05, 0.1) is 5.75 Å². The van der Waals surface area contributed by atoms with Gasteiger partial charge in [-0.2, -0.15) is 8.42 Å². The van der Waals surface area contributed by atoms with Gasteiger partial charge in [-0.15, -0.1) is 0 Å². The highest BCUT2D eigenvalue weighted by molar-refractivity contribution is 7.85. The van der Waals surface area contributed by atoms with Gasteiger partial charge < -0.3 is 10.0 Å². The highest BCUT2D eigenvalue weighted by Crippen LogP contribution is 2.33. The van der Waals surface area contributed by atoms with E-state index in [9.17, 15) is 13.5 Å². The summed E-state index contributed by atoms with van der Waals surface area (Å²) in [6.07, 6.45) is 2.17. The quantitative estimate of drug-likeness (QED) is 0.810. The molecule has 1 aromatic carbocycles. The number of phenolic OH excluding ortho intramolecular Hbond substituents is 1. The summed E-state index contributed by atoms with van der Waals surface area (Å²) < 4.78 is 30.0. The van der Waals surface area contributed by atoms with Crippen molar-refractivity contribution in [2.75, 3.05) is 23.7 Å². The van der Waals surface area contributed by atoms with Crippen LogP contribution in [-0.2, 0) is 16.5 Å². The van der Waals surface area contributed by atoms with Gasteiger partial charge in [-0.25, -0.2) is 0 Å². The summed E-state index contributed by atoms with van der Waals surface area (Å²) in [5.41, 5.74) is 1.90. The molecule has 0 aromatic heterocycles. The Kier molecular flexibility index (Phi) is 3.77. The predicted molar refractivity (Wildman–Crippen MR) is 69.7 cm³/mol. The Hall–Kier alpha value is -1.27. The fourth-order valence-corrected chi connectivity index (χ4v) is 2.85. The summed E-state index contributed by atoms with van der Waals surface area (Å²) in [4.78, 5) is 2.06. The van der Waals surface area contributed by atoms with Crippen molar-refractivity contribution in [3.63, 3.8) is 0 Å². The third-order valence-corrected chi connectivity index (χ3v) is 3.96. The van der Waals surface area contributed by atoms with E-state index in [1.807, 2.05) is 6.07 Å². The number of phenols is 1. The van der Waals surface area contributed by atoms with Gasteiger partial charge in [0, 0.05) is 24.3 Å². The van der Waals surface area contributed by atoms with Crippen molar-refractivity contribution in [2.24, 2.45) is 0 Å². The number of fused-ring (bicyclic) bond motifs is 1. The molecule has 2 N–H and O–H groups in total. The number of aromatic hydroxyl groups is 1. The molecule has 2 rings (SSSR count). The standard InChI is InChI=1S/C12H17NO4S/c14-12-6-1-5-11-10(12)4-2-7-13(11)8-3-9-18(15,16)17/h1,5-6,14H,2-4,7-9H2,(H,15,16,17). The lowest BCUT2D eigenvalue weighted by atomic mass is 10.0. The molecule has 0 amide bonds. The predicted octanol–water partition coefficient (Wildman–Crippen LogP) is 1.42. The summed E-state index contributed by atoms with van der Waals surface area (Å²) >= 11 is 0. The van der Waals surface area contributed by atoms with Crippen molar-refractivity contribution >= 4 is 15.8 Å². The molecule has 5 nitrogen and oxygen atoms in total. The average Bonchev–Trinajstić information content (AvgIpc) is 2.29. The molecule has 0 spiro atoms. The van der Waals surface area contributed by atoms with Crippen molar-refractivity contribution in [2.45, 2.75) is 19.3 Å². The zero-order valence-corrected chi connectivity index (χ0v) is 10.9. The molecule has 0 radical (unpaired) electrons. The van der Waals surface area contributed by atoms with Crippen LogP contribution in [0.2, 0.25) is 0 Å². The van der Waals surface area contributed by atoms with Gasteiger partial charge in [-0.05, 0) is 31.4 Å². The molecule has 100 valence electrons. The van der Waals surface area contributed by atoms with E-state index in [0.29, 0.717) is 18.7 Å². The zero-order chi connectivity index (χ0) is 13.2. The Balaban J connectivity index is 2.06. The van der Waals surface area contributed by atoms with Crippen LogP contribution < -0.4 is 4.90 Å². The molecule has 0 saturated carbocycles. The van der Waals surface area contributed by atoms with Crippen LogP contribution in [0.3, 0.4) is 0 Å². The van der Waals surface area contributed by atoms with Gasteiger partial charge in [0.25, 0.3) is 10.1 Å². The summed E-state index contributed by atoms with van der Waals surface area (Å²) in [5, 5.41) is 9.77. The Bertz CT molecular complexity index is 527. The normalized spacial score (nSPS) is 15.5. The Morgan fingerprint density at radius 3 is 2.83 bits per heavy atom. The number of nitrogens with zero attached hydrogens (tertiary/aromatic N) is 1. The molecule has 0 atom stereocenters. The molecule has 0 fully saturated rings. The number of anilines is 1. The maximum Gasteiger partial charge on any atom is 0.264 e. The highest BCUT2D eigenvalue weighted by atomic mass is 32.2. The third kappa shape index (κ3) is 3.14. The van der Waals surface area contributed by atoms with Gasteiger partial charge in [0.1, 0.15) is 5.75 Å². The summed E-state index contributed by atoms with van der Waals surface area (Å²) in [6.45, 7) is 1.41. The molecule has 1 aliphatic heterocycles. The minimum Gasteiger partial charge on any atom is -0.508 e. The fourth-order valence-electron chi connectivity index (χ4n) is 2.35. The van der Waals surface area contributed by atoms with Crippen LogP contribution >= 0.6 is 0 Å². The van der Waals surface area contributed by atoms with E-state index < -0.39 is 10.1 Å². The van der Waals surface area contributed by atoms with E-state index in [1.165, 1.54) is 0 Å². The molecule has 6 heteroatoms. The lowest BCUT2D eigenvalue weighted by Crippen LogP contribution is -2.31. The Morgan fingerprint density at radius 2 is 2.11 bits per heavy atom. The lowest BCUT2D eigenvalue weighted by Gasteiger charge is -2.31. The lowest BCUT2D eigenvalue weighted by molar-refractivity contribution is 0.463. The van der Waals surface area contributed by atoms with Gasteiger partial charge in [-0.1, -0.05) is 6.07 Å². The molecule has 0 unspecified atom stereocenters. The minimum atomic E-state index is -3.89. The van der Waals surface area contributed by atoms with E-state index in [0.717, 1.165) is 30.6 Å². The molecule has 18 heavy (non-hydrogen) atoms. The second kappa shape index (κ2) is 5.16. The zero-order valence-electron chi connectivity index (χ0n) is 10.0. The van der Waals surface area contributed by atoms with Crippen LogP contribution in [0.4, 0.5) is 5.69 Å². The van der Waals surface area contributed by atoms with Crippen LogP contribution in [0.5, 0.6) is 5.75 Å². The van der Waals surface area contributed by atoms with Crippen molar-refractivity contribution in [1.82, 2.24) is 0 Å². The number of rotatable bonds is 4. The molecule has 1 aromatic rings. The molecule has 0 aliphatic carbocycles. The van der Waals surface area contributed by atoms with Gasteiger partial charge in [0.2, 0.25) is 0 Å². The second-order valence-electron chi connectivity index (χ2n) is 4.51. The van der Waals surface area contributed by atoms with Crippen LogP contribution in [0, 0.1) is 0 Å². The summed E-state index contributed by atoms with van der Waals surface area (Å²) in [7, 11) is -3.89. The van der Waals surface area contributed by atoms with Gasteiger partial charge in [0.15, 0.2) is 0 Å². The first-order valence-corrected chi connectivity index (χ1v) is 7.59. The maximum atomic E-state index is 10.7. The van der Waals surface area contributed by atoms with Crippen LogP contribution in [0.1, 0.15) is 18.4 Å². The molecule has 0 bridgehead atoms. The third-order valence-electron chi connectivity index (χ3n) is 3.15. The first-order chi connectivity index (χ1) is 8.47. The molecular weight excluding hydrogens is 254 g/mol. The van der Waals surface area contributed by atoms with Crippen LogP contribution in [0.25, 0.3) is 0 Å². The highest BCUT2D eigenvalue weighted by Gasteiger charge is 2.19. The molecular formula is C12H17NO4S. The van der Waals surface area contributed by atoms with Crippen molar-refractivity contribution in [3.05, 3.63) is 23.8 Å². The number of hydrogen-bond acceptors (Lipinski definition) is 4. The van der Waals surface area contributed by atoms with Crippen molar-refractivity contribution in [1.29, 1.82) is 0 Å². The van der Waals surface area contributed by atoms with E-state index in [-0.39, 0.29) is 5.75 Å². The summed E-state index contributed by atoms with van der Waals surface area (Å²) in [5.74, 6) is 0.0736. The van der Waals surface area contributed by atoms with Crippen LogP contribution in [0.15, 0.2) is 18.2 Å². The maximum absolute atomic E-state index is 10.7. The number of benzene rings is 1. The second-order valence-corrected chi connectivity index (χ2v) is 6.08. The fraction of sp³-hybridized carbons (Fsp3) is 0.500. The van der Waals surface area contributed by atoms with Crippen LogP contribution in [-0.4, -0.2) is 36.9 Å². The van der Waals surface area contributed by atoms with E-state index in [1.54, 1.807) is 12.1 Å².